The van der Waals surface area contributed by atoms with Crippen LogP contribution in [0.5, 0.6) is 0 Å². The molecule has 0 aliphatic carbocycles. The third kappa shape index (κ3) is 4.82. The molecular formula is C22H25N3O3S. The first-order valence-electron chi connectivity index (χ1n) is 9.37. The number of amides is 1. The van der Waals surface area contributed by atoms with Crippen molar-refractivity contribution < 1.29 is 13.2 Å². The average Bonchev–Trinajstić information content (AvgIpc) is 2.72. The van der Waals surface area contributed by atoms with Gasteiger partial charge in [0.05, 0.1) is 11.4 Å². The van der Waals surface area contributed by atoms with Crippen molar-refractivity contribution in [2.45, 2.75) is 24.8 Å². The lowest BCUT2D eigenvalue weighted by Crippen LogP contribution is -2.30. The van der Waals surface area contributed by atoms with E-state index in [-0.39, 0.29) is 23.4 Å². The van der Waals surface area contributed by atoms with E-state index in [2.05, 4.69) is 33.6 Å². The first kappa shape index (κ1) is 21.0. The lowest BCUT2D eigenvalue weighted by molar-refractivity contribution is -0.115. The molecule has 29 heavy (non-hydrogen) atoms. The minimum Gasteiger partial charge on any atom is -0.325 e. The van der Waals surface area contributed by atoms with E-state index in [1.807, 2.05) is 31.2 Å². The standard InChI is InChI=1S/C22H25N3O3S/c1-15-11-12-18(13-21(15)29(27,28)23-3)25-22(26)14-24-16(2)19-10-6-8-17-7-4-5-9-20(17)19/h4-13,16,23-24H,14H2,1-3H3,(H,25,26)/t16-/m0/s1. The van der Waals surface area contributed by atoms with Crippen molar-refractivity contribution in [2.75, 3.05) is 18.9 Å². The van der Waals surface area contributed by atoms with Crippen LogP contribution in [0, 0.1) is 6.92 Å². The number of carbonyl (C=O) groups excluding carboxylic acids is 1. The van der Waals surface area contributed by atoms with Crippen molar-refractivity contribution in [2.24, 2.45) is 0 Å². The van der Waals surface area contributed by atoms with Gasteiger partial charge in [0.1, 0.15) is 0 Å². The molecule has 3 N–H and O–H groups in total. The van der Waals surface area contributed by atoms with Crippen LogP contribution in [0.2, 0.25) is 0 Å². The summed E-state index contributed by atoms with van der Waals surface area (Å²) in [4.78, 5) is 12.5. The Bertz CT molecular complexity index is 1140. The Kier molecular flexibility index (Phi) is 6.32. The van der Waals surface area contributed by atoms with E-state index in [1.165, 1.54) is 13.1 Å². The van der Waals surface area contributed by atoms with E-state index in [1.54, 1.807) is 19.1 Å². The fourth-order valence-corrected chi connectivity index (χ4v) is 4.26. The third-order valence-electron chi connectivity index (χ3n) is 4.89. The van der Waals surface area contributed by atoms with Crippen LogP contribution in [0.15, 0.2) is 65.6 Å². The summed E-state index contributed by atoms with van der Waals surface area (Å²) < 4.78 is 26.5. The summed E-state index contributed by atoms with van der Waals surface area (Å²) in [5, 5.41) is 8.29. The van der Waals surface area contributed by atoms with Gasteiger partial charge in [-0.1, -0.05) is 48.5 Å². The third-order valence-corrected chi connectivity index (χ3v) is 6.45. The molecule has 1 atom stereocenters. The highest BCUT2D eigenvalue weighted by molar-refractivity contribution is 7.89. The number of sulfonamides is 1. The molecule has 7 heteroatoms. The van der Waals surface area contributed by atoms with Gasteiger partial charge in [0, 0.05) is 11.7 Å². The van der Waals surface area contributed by atoms with Crippen molar-refractivity contribution in [3.05, 3.63) is 71.8 Å². The highest BCUT2D eigenvalue weighted by Crippen LogP contribution is 2.24. The number of hydrogen-bond acceptors (Lipinski definition) is 4. The molecule has 0 heterocycles. The van der Waals surface area contributed by atoms with Crippen LogP contribution < -0.4 is 15.4 Å². The Morgan fingerprint density at radius 3 is 2.52 bits per heavy atom. The average molecular weight is 412 g/mol. The van der Waals surface area contributed by atoms with Crippen molar-refractivity contribution in [3.8, 4) is 0 Å². The summed E-state index contributed by atoms with van der Waals surface area (Å²) in [5.41, 5.74) is 2.17. The monoisotopic (exact) mass is 411 g/mol. The Morgan fingerprint density at radius 2 is 1.76 bits per heavy atom. The first-order valence-corrected chi connectivity index (χ1v) is 10.9. The van der Waals surface area contributed by atoms with Crippen molar-refractivity contribution in [1.29, 1.82) is 0 Å². The van der Waals surface area contributed by atoms with Crippen LogP contribution in [0.25, 0.3) is 10.8 Å². The molecule has 1 amide bonds. The molecule has 0 fully saturated rings. The molecule has 0 spiro atoms. The normalized spacial score (nSPS) is 12.7. The van der Waals surface area contributed by atoms with Crippen LogP contribution in [0.4, 0.5) is 5.69 Å². The molecule has 0 aliphatic rings. The van der Waals surface area contributed by atoms with Crippen molar-refractivity contribution >= 4 is 32.4 Å². The van der Waals surface area contributed by atoms with Gasteiger partial charge in [0.25, 0.3) is 0 Å². The van der Waals surface area contributed by atoms with Crippen LogP contribution in [0.1, 0.15) is 24.1 Å². The summed E-state index contributed by atoms with van der Waals surface area (Å²) in [6.07, 6.45) is 0. The largest absolute Gasteiger partial charge is 0.325 e. The first-order chi connectivity index (χ1) is 13.8. The molecular weight excluding hydrogens is 386 g/mol. The highest BCUT2D eigenvalue weighted by Gasteiger charge is 2.16. The maximum atomic E-state index is 12.4. The Labute approximate surface area is 171 Å². The summed E-state index contributed by atoms with van der Waals surface area (Å²) in [5.74, 6) is -0.242. The number of fused-ring (bicyclic) bond motifs is 1. The van der Waals surface area contributed by atoms with E-state index >= 15 is 0 Å². The summed E-state index contributed by atoms with van der Waals surface area (Å²) in [6.45, 7) is 3.83. The second-order valence-electron chi connectivity index (χ2n) is 6.91. The van der Waals surface area contributed by atoms with Crippen molar-refractivity contribution in [1.82, 2.24) is 10.0 Å². The predicted octanol–water partition coefficient (Wildman–Crippen LogP) is 3.35. The minimum absolute atomic E-state index is 0.0231. The SMILES string of the molecule is CNS(=O)(=O)c1cc(NC(=O)CN[C@@H](C)c2cccc3ccccc23)ccc1C. The highest BCUT2D eigenvalue weighted by atomic mass is 32.2. The Hall–Kier alpha value is -2.74. The minimum atomic E-state index is -3.59. The zero-order chi connectivity index (χ0) is 21.0. The van der Waals surface area contributed by atoms with Crippen LogP contribution >= 0.6 is 0 Å². The fraction of sp³-hybridized carbons (Fsp3) is 0.227. The van der Waals surface area contributed by atoms with E-state index in [0.717, 1.165) is 16.3 Å². The second-order valence-corrected chi connectivity index (χ2v) is 8.76. The molecule has 0 bridgehead atoms. The number of carbonyl (C=O) groups is 1. The quantitative estimate of drug-likeness (QED) is 0.556. The van der Waals surface area contributed by atoms with E-state index < -0.39 is 10.0 Å². The fourth-order valence-electron chi connectivity index (χ4n) is 3.27. The lowest BCUT2D eigenvalue weighted by atomic mass is 10.00. The Balaban J connectivity index is 1.68. The molecule has 6 nitrogen and oxygen atoms in total. The summed E-state index contributed by atoms with van der Waals surface area (Å²) >= 11 is 0. The number of benzene rings is 3. The molecule has 0 unspecified atom stereocenters. The summed E-state index contributed by atoms with van der Waals surface area (Å²) in [6, 6.07) is 19.1. The lowest BCUT2D eigenvalue weighted by Gasteiger charge is -2.17. The predicted molar refractivity (Wildman–Crippen MR) is 116 cm³/mol. The molecule has 3 aromatic rings. The molecule has 152 valence electrons. The van der Waals surface area contributed by atoms with E-state index in [4.69, 9.17) is 0 Å². The topological polar surface area (TPSA) is 87.3 Å². The van der Waals surface area contributed by atoms with Crippen molar-refractivity contribution in [3.63, 3.8) is 0 Å². The molecule has 0 radical (unpaired) electrons. The van der Waals surface area contributed by atoms with Gasteiger partial charge in [0.15, 0.2) is 0 Å². The van der Waals surface area contributed by atoms with E-state index in [9.17, 15) is 13.2 Å². The molecule has 0 saturated carbocycles. The van der Waals surface area contributed by atoms with Crippen LogP contribution in [-0.4, -0.2) is 27.9 Å². The number of aryl methyl sites for hydroxylation is 1. The van der Waals surface area contributed by atoms with Gasteiger partial charge in [-0.25, -0.2) is 13.1 Å². The molecule has 0 aromatic heterocycles. The number of anilines is 1. The van der Waals surface area contributed by atoms with Gasteiger partial charge in [-0.3, -0.25) is 4.79 Å². The maximum absolute atomic E-state index is 12.4. The summed E-state index contributed by atoms with van der Waals surface area (Å²) in [7, 11) is -2.23. The molecule has 0 saturated heterocycles. The maximum Gasteiger partial charge on any atom is 0.240 e. The van der Waals surface area contributed by atoms with Gasteiger partial charge in [0.2, 0.25) is 15.9 Å². The van der Waals surface area contributed by atoms with Gasteiger partial charge >= 0.3 is 0 Å². The zero-order valence-electron chi connectivity index (χ0n) is 16.7. The number of hydrogen-bond donors (Lipinski definition) is 3. The van der Waals surface area contributed by atoms with Crippen LogP contribution in [0.3, 0.4) is 0 Å². The Morgan fingerprint density at radius 1 is 1.03 bits per heavy atom. The smallest absolute Gasteiger partial charge is 0.240 e. The van der Waals surface area contributed by atoms with Gasteiger partial charge in [-0.2, -0.15) is 0 Å². The van der Waals surface area contributed by atoms with Gasteiger partial charge < -0.3 is 10.6 Å². The number of rotatable bonds is 7. The van der Waals surface area contributed by atoms with E-state index in [0.29, 0.717) is 11.3 Å². The van der Waals surface area contributed by atoms with Gasteiger partial charge in [-0.05, 0) is 54.9 Å². The second kappa shape index (κ2) is 8.73. The molecule has 3 rings (SSSR count). The zero-order valence-corrected chi connectivity index (χ0v) is 17.5. The van der Waals surface area contributed by atoms with Crippen LogP contribution in [-0.2, 0) is 14.8 Å². The molecule has 3 aromatic carbocycles. The number of nitrogens with one attached hydrogen (secondary N) is 3. The molecule has 0 aliphatic heterocycles. The van der Waals surface area contributed by atoms with Gasteiger partial charge in [-0.15, -0.1) is 0 Å².